The van der Waals surface area contributed by atoms with Crippen molar-refractivity contribution in [2.24, 2.45) is 0 Å². The van der Waals surface area contributed by atoms with Gasteiger partial charge in [0.15, 0.2) is 0 Å². The third kappa shape index (κ3) is 6.60. The Bertz CT molecular complexity index is 375. The highest BCUT2D eigenvalue weighted by Crippen LogP contribution is 2.19. The van der Waals surface area contributed by atoms with Crippen LogP contribution >= 0.6 is 0 Å². The molecule has 0 fully saturated rings. The van der Waals surface area contributed by atoms with Gasteiger partial charge in [-0.1, -0.05) is 45.0 Å². The summed E-state index contributed by atoms with van der Waals surface area (Å²) in [5.74, 6) is 0.588. The molecule has 3 heteroatoms. The minimum absolute atomic E-state index is 0.382. The number of rotatable bonds is 10. The van der Waals surface area contributed by atoms with Crippen LogP contribution in [0, 0.1) is 0 Å². The molecular weight excluding hydrogens is 260 g/mol. The predicted molar refractivity (Wildman–Crippen MR) is 90.9 cm³/mol. The van der Waals surface area contributed by atoms with Crippen LogP contribution in [0.2, 0.25) is 0 Å². The number of nitrogens with one attached hydrogen (secondary N) is 1. The summed E-state index contributed by atoms with van der Waals surface area (Å²) in [6.45, 7) is 10.5. The Hall–Kier alpha value is -0.900. The van der Waals surface area contributed by atoms with Crippen LogP contribution in [0.1, 0.15) is 50.3 Å². The number of hydrogen-bond acceptors (Lipinski definition) is 3. The predicted octanol–water partition coefficient (Wildman–Crippen LogP) is 3.43. The van der Waals surface area contributed by atoms with Crippen molar-refractivity contribution >= 4 is 0 Å². The Morgan fingerprint density at radius 2 is 1.76 bits per heavy atom. The molecule has 0 heterocycles. The number of ether oxygens (including phenoxy) is 1. The van der Waals surface area contributed by atoms with Crippen molar-refractivity contribution in [1.29, 1.82) is 0 Å². The van der Waals surface area contributed by atoms with Crippen molar-refractivity contribution in [1.82, 2.24) is 10.2 Å². The summed E-state index contributed by atoms with van der Waals surface area (Å²) in [5.41, 5.74) is 2.78. The number of hydrogen-bond donors (Lipinski definition) is 1. The molecular formula is C18H32N2O. The number of benzene rings is 1. The summed E-state index contributed by atoms with van der Waals surface area (Å²) >= 11 is 0. The molecule has 0 bridgehead atoms. The molecule has 0 aromatic heterocycles. The Morgan fingerprint density at radius 3 is 2.29 bits per heavy atom. The van der Waals surface area contributed by atoms with E-state index in [0.717, 1.165) is 32.7 Å². The van der Waals surface area contributed by atoms with Crippen LogP contribution in [0.15, 0.2) is 24.3 Å². The number of likely N-dealkylation sites (N-methyl/N-ethyl adjacent to an activating group) is 1. The fourth-order valence-corrected chi connectivity index (χ4v) is 2.37. The molecule has 3 nitrogen and oxygen atoms in total. The number of methoxy groups -OCH3 is 1. The molecule has 1 rings (SSSR count). The fourth-order valence-electron chi connectivity index (χ4n) is 2.37. The molecule has 0 saturated carbocycles. The van der Waals surface area contributed by atoms with Gasteiger partial charge in [-0.05, 0) is 37.1 Å². The van der Waals surface area contributed by atoms with E-state index in [4.69, 9.17) is 4.74 Å². The van der Waals surface area contributed by atoms with Gasteiger partial charge in [0.25, 0.3) is 0 Å². The largest absolute Gasteiger partial charge is 0.383 e. The van der Waals surface area contributed by atoms with Gasteiger partial charge in [0.2, 0.25) is 0 Å². The van der Waals surface area contributed by atoms with Crippen LogP contribution in [0.25, 0.3) is 0 Å². The summed E-state index contributed by atoms with van der Waals surface area (Å²) in [4.78, 5) is 2.33. The Balaban J connectivity index is 2.71. The minimum atomic E-state index is 0.382. The first-order chi connectivity index (χ1) is 10.1. The summed E-state index contributed by atoms with van der Waals surface area (Å²) in [6, 6.07) is 9.44. The first kappa shape index (κ1) is 18.1. The Labute approximate surface area is 130 Å². The SMILES string of the molecule is CCCNC(CN(C)CCOC)c1ccc(C(C)C)cc1. The van der Waals surface area contributed by atoms with Crippen LogP contribution in [0.4, 0.5) is 0 Å². The van der Waals surface area contributed by atoms with Gasteiger partial charge in [-0.2, -0.15) is 0 Å². The fraction of sp³-hybridized carbons (Fsp3) is 0.667. The summed E-state index contributed by atoms with van der Waals surface area (Å²) < 4.78 is 5.16. The molecule has 0 spiro atoms. The van der Waals surface area contributed by atoms with E-state index in [-0.39, 0.29) is 0 Å². The van der Waals surface area contributed by atoms with Gasteiger partial charge in [0.1, 0.15) is 0 Å². The third-order valence-electron chi connectivity index (χ3n) is 3.82. The standard InChI is InChI=1S/C18H32N2O/c1-6-11-19-18(14-20(4)12-13-21-5)17-9-7-16(8-10-17)15(2)3/h7-10,15,18-19H,6,11-14H2,1-5H3. The molecule has 0 aliphatic rings. The highest BCUT2D eigenvalue weighted by atomic mass is 16.5. The van der Waals surface area contributed by atoms with Gasteiger partial charge in [0.05, 0.1) is 6.61 Å². The van der Waals surface area contributed by atoms with E-state index in [0.29, 0.717) is 12.0 Å². The first-order valence-corrected chi connectivity index (χ1v) is 8.09. The van der Waals surface area contributed by atoms with Gasteiger partial charge >= 0.3 is 0 Å². The summed E-state index contributed by atoms with van der Waals surface area (Å²) in [5, 5.41) is 3.66. The zero-order chi connectivity index (χ0) is 15.7. The molecule has 0 radical (unpaired) electrons. The lowest BCUT2D eigenvalue weighted by atomic mass is 9.99. The average Bonchev–Trinajstić information content (AvgIpc) is 2.49. The molecule has 0 saturated heterocycles. The molecule has 1 aromatic carbocycles. The van der Waals surface area contributed by atoms with Crippen molar-refractivity contribution in [2.75, 3.05) is 40.4 Å². The van der Waals surface area contributed by atoms with E-state index in [2.05, 4.69) is 62.3 Å². The van der Waals surface area contributed by atoms with Gasteiger partial charge in [-0.25, -0.2) is 0 Å². The van der Waals surface area contributed by atoms with Crippen molar-refractivity contribution < 1.29 is 4.74 Å². The van der Waals surface area contributed by atoms with Crippen LogP contribution in [-0.4, -0.2) is 45.3 Å². The second-order valence-electron chi connectivity index (χ2n) is 6.08. The minimum Gasteiger partial charge on any atom is -0.383 e. The van der Waals surface area contributed by atoms with E-state index in [9.17, 15) is 0 Å². The smallest absolute Gasteiger partial charge is 0.0589 e. The maximum absolute atomic E-state index is 5.16. The topological polar surface area (TPSA) is 24.5 Å². The van der Waals surface area contributed by atoms with Crippen LogP contribution in [-0.2, 0) is 4.74 Å². The third-order valence-corrected chi connectivity index (χ3v) is 3.82. The zero-order valence-corrected chi connectivity index (χ0v) is 14.4. The highest BCUT2D eigenvalue weighted by molar-refractivity contribution is 5.27. The molecule has 1 N–H and O–H groups in total. The number of nitrogens with zero attached hydrogens (tertiary/aromatic N) is 1. The molecule has 1 aromatic rings. The van der Waals surface area contributed by atoms with Crippen molar-refractivity contribution in [3.63, 3.8) is 0 Å². The summed E-state index contributed by atoms with van der Waals surface area (Å²) in [6.07, 6.45) is 1.16. The molecule has 1 unspecified atom stereocenters. The average molecular weight is 292 g/mol. The van der Waals surface area contributed by atoms with Crippen LogP contribution in [0.5, 0.6) is 0 Å². The normalized spacial score (nSPS) is 13.1. The van der Waals surface area contributed by atoms with Gasteiger partial charge in [0, 0.05) is 26.2 Å². The van der Waals surface area contributed by atoms with Crippen molar-refractivity contribution in [3.05, 3.63) is 35.4 Å². The van der Waals surface area contributed by atoms with E-state index in [1.807, 2.05) is 0 Å². The van der Waals surface area contributed by atoms with E-state index >= 15 is 0 Å². The lowest BCUT2D eigenvalue weighted by Crippen LogP contribution is -2.35. The van der Waals surface area contributed by atoms with Gasteiger partial charge in [-0.3, -0.25) is 0 Å². The maximum Gasteiger partial charge on any atom is 0.0589 e. The summed E-state index contributed by atoms with van der Waals surface area (Å²) in [7, 11) is 3.91. The van der Waals surface area contributed by atoms with Gasteiger partial charge in [-0.15, -0.1) is 0 Å². The monoisotopic (exact) mass is 292 g/mol. The molecule has 1 atom stereocenters. The molecule has 0 aliphatic carbocycles. The first-order valence-electron chi connectivity index (χ1n) is 8.09. The molecule has 0 amide bonds. The zero-order valence-electron chi connectivity index (χ0n) is 14.4. The van der Waals surface area contributed by atoms with Crippen molar-refractivity contribution in [2.45, 2.75) is 39.2 Å². The van der Waals surface area contributed by atoms with E-state index in [1.165, 1.54) is 11.1 Å². The van der Waals surface area contributed by atoms with E-state index < -0.39 is 0 Å². The van der Waals surface area contributed by atoms with E-state index in [1.54, 1.807) is 7.11 Å². The lowest BCUT2D eigenvalue weighted by molar-refractivity contribution is 0.155. The molecule has 0 aliphatic heterocycles. The van der Waals surface area contributed by atoms with Crippen molar-refractivity contribution in [3.8, 4) is 0 Å². The molecule has 120 valence electrons. The second-order valence-corrected chi connectivity index (χ2v) is 6.08. The lowest BCUT2D eigenvalue weighted by Gasteiger charge is -2.25. The van der Waals surface area contributed by atoms with Gasteiger partial charge < -0.3 is 15.0 Å². The Morgan fingerprint density at radius 1 is 1.14 bits per heavy atom. The molecule has 21 heavy (non-hydrogen) atoms. The second kappa shape index (κ2) is 9.93. The quantitative estimate of drug-likeness (QED) is 0.715. The van der Waals surface area contributed by atoms with Crippen LogP contribution in [0.3, 0.4) is 0 Å². The van der Waals surface area contributed by atoms with Crippen LogP contribution < -0.4 is 5.32 Å². The Kier molecular flexibility index (Phi) is 8.58. The maximum atomic E-state index is 5.16. The highest BCUT2D eigenvalue weighted by Gasteiger charge is 2.13.